The molecule has 0 N–H and O–H groups in total. The molecule has 2 saturated carbocycles. The highest BCUT2D eigenvalue weighted by molar-refractivity contribution is 5.24. The minimum absolute atomic E-state index is 0.661. The van der Waals surface area contributed by atoms with Gasteiger partial charge in [0.05, 0.1) is 0 Å². The molecule has 0 amide bonds. The minimum Gasteiger partial charge on any atom is -0.0651 e. The van der Waals surface area contributed by atoms with Gasteiger partial charge in [-0.05, 0) is 34.5 Å². The summed E-state index contributed by atoms with van der Waals surface area (Å²) < 4.78 is 0. The fourth-order valence-corrected chi connectivity index (χ4v) is 5.71. The zero-order chi connectivity index (χ0) is 10.7. The van der Waals surface area contributed by atoms with Gasteiger partial charge >= 0.3 is 0 Å². The van der Waals surface area contributed by atoms with Crippen molar-refractivity contribution in [2.75, 3.05) is 0 Å². The molecule has 2 fully saturated rings. The molecule has 0 radical (unpaired) electrons. The third-order valence-corrected chi connectivity index (χ3v) is 6.68. The molecule has 0 nitrogen and oxygen atoms in total. The van der Waals surface area contributed by atoms with Crippen LogP contribution in [0.5, 0.6) is 0 Å². The molecule has 4 unspecified atom stereocenters. The highest BCUT2D eigenvalue weighted by atomic mass is 14.8. The van der Waals surface area contributed by atoms with Gasteiger partial charge in [-0.2, -0.15) is 0 Å². The van der Waals surface area contributed by atoms with Crippen LogP contribution in [-0.4, -0.2) is 0 Å². The van der Waals surface area contributed by atoms with Gasteiger partial charge in [-0.1, -0.05) is 54.4 Å². The lowest BCUT2D eigenvalue weighted by Crippen LogP contribution is -2.77. The van der Waals surface area contributed by atoms with Crippen molar-refractivity contribution in [3.8, 4) is 0 Å². The van der Waals surface area contributed by atoms with Crippen molar-refractivity contribution in [3.05, 3.63) is 0 Å². The molecule has 2 rings (SSSR count). The normalized spacial score (nSPS) is 61.3. The van der Waals surface area contributed by atoms with E-state index in [0.717, 1.165) is 23.7 Å². The molecule has 0 aliphatic heterocycles. The van der Waals surface area contributed by atoms with E-state index in [1.54, 1.807) is 0 Å². The first-order valence-corrected chi connectivity index (χ1v) is 6.46. The molecule has 0 heteroatoms. The van der Waals surface area contributed by atoms with E-state index in [0.29, 0.717) is 10.8 Å². The predicted molar refractivity (Wildman–Crippen MR) is 62.1 cm³/mol. The third-order valence-electron chi connectivity index (χ3n) is 6.68. The van der Waals surface area contributed by atoms with Crippen LogP contribution in [0.2, 0.25) is 0 Å². The Balaban J connectivity index is 2.28. The summed E-state index contributed by atoms with van der Waals surface area (Å²) in [6.45, 7) is 14.8. The second-order valence-electron chi connectivity index (χ2n) is 6.17. The first-order valence-electron chi connectivity index (χ1n) is 6.46. The van der Waals surface area contributed by atoms with Crippen molar-refractivity contribution in [2.45, 2.75) is 54.4 Å². The van der Waals surface area contributed by atoms with Crippen molar-refractivity contribution in [3.63, 3.8) is 0 Å². The van der Waals surface area contributed by atoms with Crippen molar-refractivity contribution in [1.29, 1.82) is 0 Å². The van der Waals surface area contributed by atoms with Crippen LogP contribution in [0.4, 0.5) is 0 Å². The molecule has 0 spiro atoms. The fraction of sp³-hybridized carbons (Fsp3) is 1.00. The Morgan fingerprint density at radius 1 is 0.786 bits per heavy atom. The second kappa shape index (κ2) is 2.77. The first kappa shape index (κ1) is 10.5. The minimum atomic E-state index is 0.661. The molecule has 4 atom stereocenters. The average molecular weight is 194 g/mol. The number of hydrogen-bond donors (Lipinski definition) is 0. The van der Waals surface area contributed by atoms with Gasteiger partial charge in [-0.25, -0.2) is 0 Å². The van der Waals surface area contributed by atoms with Crippen molar-refractivity contribution in [2.24, 2.45) is 34.5 Å². The molecule has 0 aromatic carbocycles. The summed E-state index contributed by atoms with van der Waals surface area (Å²) in [5.41, 5.74) is 1.34. The van der Waals surface area contributed by atoms with Gasteiger partial charge < -0.3 is 0 Å². The second-order valence-corrected chi connectivity index (χ2v) is 6.17. The molecule has 0 aromatic heterocycles. The summed E-state index contributed by atoms with van der Waals surface area (Å²) in [4.78, 5) is 0. The molecule has 2 aliphatic rings. The van der Waals surface area contributed by atoms with Gasteiger partial charge in [0.2, 0.25) is 0 Å². The van der Waals surface area contributed by atoms with Gasteiger partial charge in [0.25, 0.3) is 0 Å². The summed E-state index contributed by atoms with van der Waals surface area (Å²) >= 11 is 0. The summed E-state index contributed by atoms with van der Waals surface area (Å²) in [6.07, 6.45) is 2.77. The van der Waals surface area contributed by atoms with Crippen LogP contribution in [0, 0.1) is 34.5 Å². The molecule has 14 heavy (non-hydrogen) atoms. The first-order chi connectivity index (χ1) is 6.46. The van der Waals surface area contributed by atoms with E-state index < -0.39 is 0 Å². The number of rotatable bonds is 2. The van der Waals surface area contributed by atoms with Crippen LogP contribution in [0.1, 0.15) is 54.4 Å². The van der Waals surface area contributed by atoms with Gasteiger partial charge in [-0.3, -0.25) is 0 Å². The zero-order valence-corrected chi connectivity index (χ0v) is 10.7. The molecule has 0 heterocycles. The van der Waals surface area contributed by atoms with Crippen LogP contribution in [0.3, 0.4) is 0 Å². The van der Waals surface area contributed by atoms with Crippen molar-refractivity contribution in [1.82, 2.24) is 0 Å². The highest BCUT2D eigenvalue weighted by Crippen LogP contribution is 2.81. The van der Waals surface area contributed by atoms with E-state index >= 15 is 0 Å². The quantitative estimate of drug-likeness (QED) is 0.613. The molecule has 0 bridgehead atoms. The average Bonchev–Trinajstić information content (AvgIpc) is 2.18. The molecule has 2 aliphatic carbocycles. The number of hydrogen-bond acceptors (Lipinski definition) is 0. The predicted octanol–water partition coefficient (Wildman–Crippen LogP) is 4.35. The lowest BCUT2D eigenvalue weighted by Gasteiger charge is -2.82. The maximum Gasteiger partial charge on any atom is -0.0205 e. The maximum atomic E-state index is 2.56. The van der Waals surface area contributed by atoms with Gasteiger partial charge in [0.1, 0.15) is 0 Å². The van der Waals surface area contributed by atoms with Crippen LogP contribution >= 0.6 is 0 Å². The van der Waals surface area contributed by atoms with Crippen LogP contribution in [0.15, 0.2) is 0 Å². The van der Waals surface area contributed by atoms with Crippen LogP contribution in [0.25, 0.3) is 0 Å². The van der Waals surface area contributed by atoms with Crippen molar-refractivity contribution >= 4 is 0 Å². The van der Waals surface area contributed by atoms with E-state index in [1.807, 2.05) is 0 Å². The zero-order valence-electron chi connectivity index (χ0n) is 10.7. The SMILES string of the molecule is CCC1C(C)C2(C)C(C)C(CC)C12C. The van der Waals surface area contributed by atoms with Gasteiger partial charge in [0.15, 0.2) is 0 Å². The van der Waals surface area contributed by atoms with E-state index in [2.05, 4.69) is 41.5 Å². The highest BCUT2D eigenvalue weighted by Gasteiger charge is 2.76. The summed E-state index contributed by atoms with van der Waals surface area (Å²) in [6, 6.07) is 0. The van der Waals surface area contributed by atoms with Crippen LogP contribution in [-0.2, 0) is 0 Å². The summed E-state index contributed by atoms with van der Waals surface area (Å²) in [5.74, 6) is 3.90. The Labute approximate surface area is 89.5 Å². The van der Waals surface area contributed by atoms with E-state index in [4.69, 9.17) is 0 Å². The van der Waals surface area contributed by atoms with Crippen LogP contribution < -0.4 is 0 Å². The Bertz CT molecular complexity index is 222. The summed E-state index contributed by atoms with van der Waals surface area (Å²) in [7, 11) is 0. The topological polar surface area (TPSA) is 0 Å². The van der Waals surface area contributed by atoms with Crippen molar-refractivity contribution < 1.29 is 0 Å². The monoisotopic (exact) mass is 194 g/mol. The molecular weight excluding hydrogens is 168 g/mol. The Morgan fingerprint density at radius 3 is 1.43 bits per heavy atom. The smallest absolute Gasteiger partial charge is 0.0205 e. The Hall–Kier alpha value is 0. The fourth-order valence-electron chi connectivity index (χ4n) is 5.71. The lowest BCUT2D eigenvalue weighted by atomic mass is 9.23. The largest absolute Gasteiger partial charge is 0.0651 e. The van der Waals surface area contributed by atoms with E-state index in [-0.39, 0.29) is 0 Å². The number of fused-ring (bicyclic) bond motifs is 1. The van der Waals surface area contributed by atoms with E-state index in [1.165, 1.54) is 12.8 Å². The Kier molecular flexibility index (Phi) is 2.08. The van der Waals surface area contributed by atoms with Gasteiger partial charge in [-0.15, -0.1) is 0 Å². The lowest BCUT2D eigenvalue weighted by molar-refractivity contribution is -0.343. The molecule has 82 valence electrons. The molecule has 0 saturated heterocycles. The third kappa shape index (κ3) is 0.717. The standard InChI is InChI=1S/C14H26/c1-7-11-9(3)13(5)10(4)12(8-2)14(11,13)6/h9-12H,7-8H2,1-6H3. The van der Waals surface area contributed by atoms with E-state index in [9.17, 15) is 0 Å². The molecule has 0 aromatic rings. The summed E-state index contributed by atoms with van der Waals surface area (Å²) in [5, 5.41) is 0. The Morgan fingerprint density at radius 2 is 1.14 bits per heavy atom. The van der Waals surface area contributed by atoms with Gasteiger partial charge in [0, 0.05) is 0 Å². The maximum absolute atomic E-state index is 2.56. The molecular formula is C14H26.